The fraction of sp³-hybridized carbons (Fsp3) is 0.417. The average molecular weight is 319 g/mol. The van der Waals surface area contributed by atoms with Crippen LogP contribution in [0.4, 0.5) is 4.39 Å². The number of halogens is 1. The maximum atomic E-state index is 13.7. The van der Waals surface area contributed by atoms with Crippen LogP contribution < -0.4 is 4.74 Å². The number of ether oxygens (including phenoxy) is 2. The number of carboxylic acids is 1. The summed E-state index contributed by atoms with van der Waals surface area (Å²) in [5.74, 6) is -2.24. The lowest BCUT2D eigenvalue weighted by Crippen LogP contribution is -2.52. The summed E-state index contributed by atoms with van der Waals surface area (Å²) in [7, 11) is -2.87. The first-order valence-electron chi connectivity index (χ1n) is 6.04. The zero-order chi connectivity index (χ0) is 15.6. The Morgan fingerprint density at radius 3 is 2.81 bits per heavy atom. The van der Waals surface area contributed by atoms with E-state index in [2.05, 4.69) is 0 Å². The van der Waals surface area contributed by atoms with Crippen molar-refractivity contribution in [2.75, 3.05) is 26.9 Å². The number of carbonyl (C=O) groups is 1. The van der Waals surface area contributed by atoms with Gasteiger partial charge in [-0.3, -0.25) is 4.79 Å². The van der Waals surface area contributed by atoms with Gasteiger partial charge in [0.15, 0.2) is 11.6 Å². The van der Waals surface area contributed by atoms with E-state index in [1.807, 2.05) is 0 Å². The Morgan fingerprint density at radius 1 is 1.52 bits per heavy atom. The number of carboxylic acid groups (broad SMARTS) is 1. The molecular weight excluding hydrogens is 305 g/mol. The van der Waals surface area contributed by atoms with E-state index in [9.17, 15) is 17.6 Å². The molecule has 7 nitrogen and oxygen atoms in total. The van der Waals surface area contributed by atoms with Crippen LogP contribution in [0.25, 0.3) is 0 Å². The minimum absolute atomic E-state index is 0.0850. The number of nitrogens with zero attached hydrogens (tertiary/aromatic N) is 1. The molecule has 2 rings (SSSR count). The van der Waals surface area contributed by atoms with Gasteiger partial charge in [-0.05, 0) is 18.2 Å². The van der Waals surface area contributed by atoms with E-state index in [-0.39, 0.29) is 30.4 Å². The molecule has 0 saturated carbocycles. The SMILES string of the molecule is COc1ccc(S(=O)(=O)N2CCOCC2C(=O)O)cc1F. The topological polar surface area (TPSA) is 93.1 Å². The summed E-state index contributed by atoms with van der Waals surface area (Å²) in [6, 6.07) is 1.83. The van der Waals surface area contributed by atoms with Gasteiger partial charge in [-0.2, -0.15) is 4.31 Å². The molecule has 1 fully saturated rings. The van der Waals surface area contributed by atoms with Gasteiger partial charge in [0.25, 0.3) is 0 Å². The molecule has 0 spiro atoms. The zero-order valence-corrected chi connectivity index (χ0v) is 12.0. The van der Waals surface area contributed by atoms with Gasteiger partial charge >= 0.3 is 5.97 Å². The van der Waals surface area contributed by atoms with E-state index in [1.165, 1.54) is 19.2 Å². The molecule has 0 radical (unpaired) electrons. The number of methoxy groups -OCH3 is 1. The van der Waals surface area contributed by atoms with Gasteiger partial charge in [-0.15, -0.1) is 0 Å². The first-order valence-corrected chi connectivity index (χ1v) is 7.48. The van der Waals surface area contributed by atoms with Crippen LogP contribution in [-0.4, -0.2) is 56.7 Å². The Labute approximate surface area is 120 Å². The summed E-state index contributed by atoms with van der Waals surface area (Å²) >= 11 is 0. The van der Waals surface area contributed by atoms with Crippen LogP contribution in [0.1, 0.15) is 0 Å². The second-order valence-corrected chi connectivity index (χ2v) is 6.23. The molecule has 0 aromatic heterocycles. The number of hydrogen-bond donors (Lipinski definition) is 1. The second kappa shape index (κ2) is 5.96. The lowest BCUT2D eigenvalue weighted by atomic mass is 10.3. The number of rotatable bonds is 4. The molecule has 1 atom stereocenters. The van der Waals surface area contributed by atoms with E-state index in [0.717, 1.165) is 10.4 Å². The summed E-state index contributed by atoms with van der Waals surface area (Å²) in [5, 5.41) is 9.08. The van der Waals surface area contributed by atoms with Crippen molar-refractivity contribution in [2.45, 2.75) is 10.9 Å². The molecule has 1 aromatic carbocycles. The highest BCUT2D eigenvalue weighted by molar-refractivity contribution is 7.89. The van der Waals surface area contributed by atoms with Gasteiger partial charge in [0.05, 0.1) is 25.2 Å². The first-order chi connectivity index (χ1) is 9.87. The van der Waals surface area contributed by atoms with Crippen molar-refractivity contribution in [3.05, 3.63) is 24.0 Å². The van der Waals surface area contributed by atoms with Gasteiger partial charge in [-0.1, -0.05) is 0 Å². The molecule has 1 aliphatic rings. The van der Waals surface area contributed by atoms with Crippen molar-refractivity contribution in [3.8, 4) is 5.75 Å². The summed E-state index contributed by atoms with van der Waals surface area (Å²) in [6.45, 7) is -0.262. The third-order valence-electron chi connectivity index (χ3n) is 3.09. The van der Waals surface area contributed by atoms with Crippen molar-refractivity contribution in [1.82, 2.24) is 4.31 Å². The molecular formula is C12H14FNO6S. The zero-order valence-electron chi connectivity index (χ0n) is 11.2. The molecule has 1 aromatic rings. The van der Waals surface area contributed by atoms with Crippen molar-refractivity contribution in [1.29, 1.82) is 0 Å². The Balaban J connectivity index is 2.40. The molecule has 0 amide bonds. The molecule has 0 aliphatic carbocycles. The minimum atomic E-state index is -4.13. The number of benzene rings is 1. The quantitative estimate of drug-likeness (QED) is 0.858. The van der Waals surface area contributed by atoms with Crippen LogP contribution in [0.2, 0.25) is 0 Å². The highest BCUT2D eigenvalue weighted by Crippen LogP contribution is 2.25. The lowest BCUT2D eigenvalue weighted by molar-refractivity contribution is -0.146. The van der Waals surface area contributed by atoms with Gasteiger partial charge in [0, 0.05) is 6.54 Å². The molecule has 116 valence electrons. The molecule has 1 saturated heterocycles. The molecule has 1 aliphatic heterocycles. The highest BCUT2D eigenvalue weighted by Gasteiger charge is 2.38. The molecule has 1 unspecified atom stereocenters. The number of aliphatic carboxylic acids is 1. The summed E-state index contributed by atoms with van der Waals surface area (Å²) in [5.41, 5.74) is 0. The number of morpholine rings is 1. The molecule has 9 heteroatoms. The van der Waals surface area contributed by atoms with Crippen molar-refractivity contribution in [3.63, 3.8) is 0 Å². The number of hydrogen-bond acceptors (Lipinski definition) is 5. The van der Waals surface area contributed by atoms with Crippen molar-refractivity contribution >= 4 is 16.0 Å². The monoisotopic (exact) mass is 319 g/mol. The second-order valence-electron chi connectivity index (χ2n) is 4.34. The van der Waals surface area contributed by atoms with Crippen LogP contribution in [0, 0.1) is 5.82 Å². The van der Waals surface area contributed by atoms with Gasteiger partial charge in [-0.25, -0.2) is 12.8 Å². The van der Waals surface area contributed by atoms with Gasteiger partial charge in [0.1, 0.15) is 6.04 Å². The van der Waals surface area contributed by atoms with E-state index in [4.69, 9.17) is 14.6 Å². The largest absolute Gasteiger partial charge is 0.494 e. The number of sulfonamides is 1. The average Bonchev–Trinajstić information content (AvgIpc) is 2.47. The fourth-order valence-corrected chi connectivity index (χ4v) is 3.58. The molecule has 0 bridgehead atoms. The molecule has 1 heterocycles. The normalized spacial score (nSPS) is 20.2. The summed E-state index contributed by atoms with van der Waals surface area (Å²) in [6.07, 6.45) is 0. The predicted octanol–water partition coefficient (Wildman–Crippen LogP) is 0.308. The van der Waals surface area contributed by atoms with Crippen LogP contribution >= 0.6 is 0 Å². The van der Waals surface area contributed by atoms with Crippen LogP contribution in [0.15, 0.2) is 23.1 Å². The Morgan fingerprint density at radius 2 is 2.24 bits per heavy atom. The van der Waals surface area contributed by atoms with Crippen LogP contribution in [0.5, 0.6) is 5.75 Å². The van der Waals surface area contributed by atoms with Crippen LogP contribution in [0.3, 0.4) is 0 Å². The van der Waals surface area contributed by atoms with Crippen molar-refractivity contribution < 1.29 is 32.2 Å². The van der Waals surface area contributed by atoms with Crippen molar-refractivity contribution in [2.24, 2.45) is 0 Å². The molecule has 1 N–H and O–H groups in total. The fourth-order valence-electron chi connectivity index (χ4n) is 2.01. The summed E-state index contributed by atoms with van der Waals surface area (Å²) in [4.78, 5) is 10.8. The van der Waals surface area contributed by atoms with Crippen LogP contribution in [-0.2, 0) is 19.6 Å². The van der Waals surface area contributed by atoms with E-state index in [1.54, 1.807) is 0 Å². The highest BCUT2D eigenvalue weighted by atomic mass is 32.2. The van der Waals surface area contributed by atoms with E-state index in [0.29, 0.717) is 0 Å². The van der Waals surface area contributed by atoms with E-state index >= 15 is 0 Å². The third-order valence-corrected chi connectivity index (χ3v) is 5.00. The Hall–Kier alpha value is -1.71. The van der Waals surface area contributed by atoms with Gasteiger partial charge in [0.2, 0.25) is 10.0 Å². The Bertz CT molecular complexity index is 647. The maximum Gasteiger partial charge on any atom is 0.324 e. The standard InChI is InChI=1S/C12H14FNO6S/c1-19-11-3-2-8(6-9(11)13)21(17,18)14-4-5-20-7-10(14)12(15)16/h2-3,6,10H,4-5,7H2,1H3,(H,15,16). The lowest BCUT2D eigenvalue weighted by Gasteiger charge is -2.31. The third kappa shape index (κ3) is 2.99. The summed E-state index contributed by atoms with van der Waals surface area (Å²) < 4.78 is 49.1. The molecule has 21 heavy (non-hydrogen) atoms. The Kier molecular flexibility index (Phi) is 4.45. The maximum absolute atomic E-state index is 13.7. The van der Waals surface area contributed by atoms with Gasteiger partial charge < -0.3 is 14.6 Å². The first kappa shape index (κ1) is 15.7. The van der Waals surface area contributed by atoms with E-state index < -0.39 is 27.9 Å². The minimum Gasteiger partial charge on any atom is -0.494 e. The predicted molar refractivity (Wildman–Crippen MR) is 69.1 cm³/mol. The smallest absolute Gasteiger partial charge is 0.324 e.